The van der Waals surface area contributed by atoms with Crippen LogP contribution in [0.2, 0.25) is 5.02 Å². The fourth-order valence-electron chi connectivity index (χ4n) is 2.77. The van der Waals surface area contributed by atoms with Crippen molar-refractivity contribution in [2.45, 2.75) is 37.7 Å². The highest BCUT2D eigenvalue weighted by Crippen LogP contribution is 2.36. The van der Waals surface area contributed by atoms with E-state index in [1.807, 2.05) is 0 Å². The molecule has 0 saturated heterocycles. The molecule has 3 nitrogen and oxygen atoms in total. The molecule has 1 aliphatic rings. The highest BCUT2D eigenvalue weighted by molar-refractivity contribution is 6.30. The summed E-state index contributed by atoms with van der Waals surface area (Å²) >= 11 is 5.81. The van der Waals surface area contributed by atoms with E-state index in [4.69, 9.17) is 11.6 Å². The van der Waals surface area contributed by atoms with Gasteiger partial charge in [-0.1, -0.05) is 36.6 Å². The van der Waals surface area contributed by atoms with Crippen molar-refractivity contribution in [2.24, 2.45) is 5.92 Å². The molecule has 0 bridgehead atoms. The van der Waals surface area contributed by atoms with Crippen molar-refractivity contribution in [1.82, 2.24) is 0 Å². The number of benzene rings is 1. The summed E-state index contributed by atoms with van der Waals surface area (Å²) in [4.78, 5) is 11.5. The molecule has 0 radical (unpaired) electrons. The number of rotatable bonds is 3. The minimum Gasteiger partial charge on any atom is -0.481 e. The zero-order valence-electron chi connectivity index (χ0n) is 10.1. The van der Waals surface area contributed by atoms with Gasteiger partial charge in [-0.25, -0.2) is 0 Å². The molecule has 3 atom stereocenters. The first kappa shape index (κ1) is 13.4. The van der Waals surface area contributed by atoms with Crippen molar-refractivity contribution < 1.29 is 15.0 Å². The normalized spacial score (nSPS) is 25.7. The predicted octanol–water partition coefficient (Wildman–Crippen LogP) is 3.06. The summed E-state index contributed by atoms with van der Waals surface area (Å²) < 4.78 is 0. The van der Waals surface area contributed by atoms with Crippen molar-refractivity contribution in [3.63, 3.8) is 0 Å². The van der Waals surface area contributed by atoms with E-state index in [9.17, 15) is 15.0 Å². The zero-order valence-corrected chi connectivity index (χ0v) is 10.8. The lowest BCUT2D eigenvalue weighted by atomic mass is 9.75. The third-order valence-electron chi connectivity index (χ3n) is 3.70. The van der Waals surface area contributed by atoms with Gasteiger partial charge >= 0.3 is 5.97 Å². The molecular weight excluding hydrogens is 252 g/mol. The molecule has 98 valence electrons. The van der Waals surface area contributed by atoms with Crippen molar-refractivity contribution in [2.75, 3.05) is 0 Å². The average Bonchev–Trinajstić information content (AvgIpc) is 2.34. The van der Waals surface area contributed by atoms with E-state index in [2.05, 4.69) is 0 Å². The molecule has 0 heterocycles. The van der Waals surface area contributed by atoms with Gasteiger partial charge in [0.25, 0.3) is 0 Å². The number of aliphatic carboxylic acids is 1. The third kappa shape index (κ3) is 2.85. The first-order chi connectivity index (χ1) is 8.59. The number of hydrogen-bond donors (Lipinski definition) is 2. The molecular formula is C14H17ClO3. The van der Waals surface area contributed by atoms with Crippen LogP contribution in [-0.2, 0) is 4.79 Å². The molecule has 0 spiro atoms. The van der Waals surface area contributed by atoms with Gasteiger partial charge in [-0.3, -0.25) is 4.79 Å². The average molecular weight is 269 g/mol. The number of aliphatic hydroxyl groups is 1. The van der Waals surface area contributed by atoms with Crippen LogP contribution in [-0.4, -0.2) is 22.3 Å². The molecule has 4 heteroatoms. The topological polar surface area (TPSA) is 57.5 Å². The molecule has 2 N–H and O–H groups in total. The van der Waals surface area contributed by atoms with Gasteiger partial charge in [0, 0.05) is 10.9 Å². The first-order valence-electron chi connectivity index (χ1n) is 6.26. The van der Waals surface area contributed by atoms with Gasteiger partial charge in [-0.15, -0.1) is 0 Å². The van der Waals surface area contributed by atoms with Gasteiger partial charge in [-0.2, -0.15) is 0 Å². The zero-order chi connectivity index (χ0) is 13.1. The maximum absolute atomic E-state index is 11.5. The maximum atomic E-state index is 11.5. The van der Waals surface area contributed by atoms with Gasteiger partial charge in [0.15, 0.2) is 0 Å². The monoisotopic (exact) mass is 268 g/mol. The summed E-state index contributed by atoms with van der Waals surface area (Å²) in [5, 5.41) is 20.0. The molecule has 2 rings (SSSR count). The van der Waals surface area contributed by atoms with Crippen LogP contribution < -0.4 is 0 Å². The Morgan fingerprint density at radius 1 is 1.22 bits per heavy atom. The van der Waals surface area contributed by atoms with Crippen molar-refractivity contribution in [1.29, 1.82) is 0 Å². The number of carboxylic acid groups (broad SMARTS) is 1. The molecule has 1 aromatic rings. The molecule has 18 heavy (non-hydrogen) atoms. The van der Waals surface area contributed by atoms with Gasteiger partial charge in [0.05, 0.1) is 12.0 Å². The third-order valence-corrected chi connectivity index (χ3v) is 3.96. The Hall–Kier alpha value is -1.06. The van der Waals surface area contributed by atoms with Gasteiger partial charge in [-0.05, 0) is 30.5 Å². The summed E-state index contributed by atoms with van der Waals surface area (Å²) in [7, 11) is 0. The van der Waals surface area contributed by atoms with E-state index < -0.39 is 18.0 Å². The van der Waals surface area contributed by atoms with Crippen molar-refractivity contribution in [3.8, 4) is 0 Å². The Morgan fingerprint density at radius 2 is 1.83 bits per heavy atom. The van der Waals surface area contributed by atoms with E-state index in [1.54, 1.807) is 24.3 Å². The molecule has 0 amide bonds. The van der Waals surface area contributed by atoms with E-state index in [1.165, 1.54) is 0 Å². The molecule has 0 aromatic heterocycles. The van der Waals surface area contributed by atoms with Crippen LogP contribution in [0, 0.1) is 5.92 Å². The lowest BCUT2D eigenvalue weighted by Gasteiger charge is -2.32. The Bertz CT molecular complexity index is 416. The minimum atomic E-state index is -0.872. The fraction of sp³-hybridized carbons (Fsp3) is 0.500. The van der Waals surface area contributed by atoms with Crippen molar-refractivity contribution in [3.05, 3.63) is 34.9 Å². The van der Waals surface area contributed by atoms with E-state index in [0.29, 0.717) is 11.4 Å². The quantitative estimate of drug-likeness (QED) is 0.886. The number of carbonyl (C=O) groups is 1. The molecule has 0 aliphatic heterocycles. The lowest BCUT2D eigenvalue weighted by Crippen LogP contribution is -2.33. The second kappa shape index (κ2) is 5.72. The van der Waals surface area contributed by atoms with Crippen LogP contribution in [0.3, 0.4) is 0 Å². The molecule has 1 aliphatic carbocycles. The van der Waals surface area contributed by atoms with Crippen LogP contribution in [0.5, 0.6) is 0 Å². The smallest absolute Gasteiger partial charge is 0.311 e. The van der Waals surface area contributed by atoms with Gasteiger partial charge in [0.1, 0.15) is 0 Å². The van der Waals surface area contributed by atoms with Gasteiger partial charge < -0.3 is 10.2 Å². The number of hydrogen-bond acceptors (Lipinski definition) is 2. The van der Waals surface area contributed by atoms with Crippen molar-refractivity contribution >= 4 is 17.6 Å². The van der Waals surface area contributed by atoms with E-state index >= 15 is 0 Å². The number of carboxylic acids is 1. The molecule has 1 aromatic carbocycles. The number of aliphatic hydroxyl groups excluding tert-OH is 1. The minimum absolute atomic E-state index is 0.197. The summed E-state index contributed by atoms with van der Waals surface area (Å²) in [5.74, 6) is -1.71. The first-order valence-corrected chi connectivity index (χ1v) is 6.63. The Labute approximate surface area is 111 Å². The fourth-order valence-corrected chi connectivity index (χ4v) is 2.90. The second-order valence-corrected chi connectivity index (χ2v) is 5.32. The predicted molar refractivity (Wildman–Crippen MR) is 69.8 cm³/mol. The number of halogens is 1. The lowest BCUT2D eigenvalue weighted by molar-refractivity contribution is -0.142. The van der Waals surface area contributed by atoms with E-state index in [-0.39, 0.29) is 5.92 Å². The molecule has 1 fully saturated rings. The summed E-state index contributed by atoms with van der Waals surface area (Å²) in [6, 6.07) is 6.87. The van der Waals surface area contributed by atoms with Crippen LogP contribution in [0.1, 0.15) is 37.2 Å². The SMILES string of the molecule is O=C(O)C(c1ccc(Cl)cc1)C1CCCCC1O. The van der Waals surface area contributed by atoms with Crippen LogP contribution in [0.4, 0.5) is 0 Å². The largest absolute Gasteiger partial charge is 0.481 e. The van der Waals surface area contributed by atoms with Gasteiger partial charge in [0.2, 0.25) is 0 Å². The molecule has 3 unspecified atom stereocenters. The summed E-state index contributed by atoms with van der Waals surface area (Å²) in [5.41, 5.74) is 0.720. The van der Waals surface area contributed by atoms with E-state index in [0.717, 1.165) is 24.8 Å². The van der Waals surface area contributed by atoms with Crippen LogP contribution in [0.25, 0.3) is 0 Å². The Balaban J connectivity index is 2.27. The molecule has 1 saturated carbocycles. The maximum Gasteiger partial charge on any atom is 0.311 e. The highest BCUT2D eigenvalue weighted by Gasteiger charge is 2.36. The standard InChI is InChI=1S/C14H17ClO3/c15-10-7-5-9(6-8-10)13(14(17)18)11-3-1-2-4-12(11)16/h5-8,11-13,16H,1-4H2,(H,17,18). The Kier molecular flexibility index (Phi) is 4.25. The highest BCUT2D eigenvalue weighted by atomic mass is 35.5. The Morgan fingerprint density at radius 3 is 2.39 bits per heavy atom. The van der Waals surface area contributed by atoms with Crippen LogP contribution in [0.15, 0.2) is 24.3 Å². The summed E-state index contributed by atoms with van der Waals surface area (Å²) in [6.07, 6.45) is 2.91. The summed E-state index contributed by atoms with van der Waals surface area (Å²) in [6.45, 7) is 0. The van der Waals surface area contributed by atoms with Crippen LogP contribution >= 0.6 is 11.6 Å². The second-order valence-electron chi connectivity index (χ2n) is 4.88.